The molecule has 0 unspecified atom stereocenters. The van der Waals surface area contributed by atoms with Crippen LogP contribution in [-0.4, -0.2) is 18.6 Å². The topological polar surface area (TPSA) is 64.3 Å². The molecule has 1 aromatic rings. The fourth-order valence-electron chi connectivity index (χ4n) is 1.69. The highest BCUT2D eigenvalue weighted by atomic mass is 35.5. The van der Waals surface area contributed by atoms with Crippen molar-refractivity contribution in [2.75, 3.05) is 11.9 Å². The molecule has 0 fully saturated rings. The van der Waals surface area contributed by atoms with Crippen LogP contribution in [0.2, 0.25) is 0 Å². The molecule has 0 radical (unpaired) electrons. The molecule has 1 aromatic carbocycles. The molecule has 1 atom stereocenters. The Morgan fingerprint density at radius 2 is 1.95 bits per heavy atom. The van der Waals surface area contributed by atoms with Gasteiger partial charge >= 0.3 is 0 Å². The van der Waals surface area contributed by atoms with Crippen LogP contribution in [0, 0.1) is 11.3 Å². The first kappa shape index (κ1) is 20.7. The number of rotatable bonds is 6. The first-order valence-electron chi connectivity index (χ1n) is 7.49. The lowest BCUT2D eigenvalue weighted by atomic mass is 9.87. The zero-order chi connectivity index (χ0) is 16.0. The summed E-state index contributed by atoms with van der Waals surface area (Å²) in [5, 5.41) is 2.84. The third-order valence-corrected chi connectivity index (χ3v) is 3.28. The third-order valence-electron chi connectivity index (χ3n) is 3.28. The highest BCUT2D eigenvalue weighted by Gasteiger charge is 2.27. The molecule has 0 aliphatic carbocycles. The summed E-state index contributed by atoms with van der Waals surface area (Å²) in [6.07, 6.45) is 1.01. The largest absolute Gasteiger partial charge is 0.494 e. The molecule has 0 heterocycles. The maximum absolute atomic E-state index is 12.1. The van der Waals surface area contributed by atoms with Gasteiger partial charge in [-0.25, -0.2) is 0 Å². The number of carbonyl (C=O) groups is 1. The molecule has 4 nitrogen and oxygen atoms in total. The van der Waals surface area contributed by atoms with Gasteiger partial charge in [-0.1, -0.05) is 40.7 Å². The quantitative estimate of drug-likeness (QED) is 0.833. The molecule has 0 saturated heterocycles. The highest BCUT2D eigenvalue weighted by molar-refractivity contribution is 5.95. The Labute approximate surface area is 140 Å². The summed E-state index contributed by atoms with van der Waals surface area (Å²) in [6, 6.07) is 6.86. The molecular formula is C17H29ClN2O2. The summed E-state index contributed by atoms with van der Waals surface area (Å²) >= 11 is 0. The lowest BCUT2D eigenvalue weighted by Crippen LogP contribution is -2.45. The van der Waals surface area contributed by atoms with E-state index in [0.717, 1.165) is 12.2 Å². The molecule has 3 N–H and O–H groups in total. The maximum atomic E-state index is 12.1. The van der Waals surface area contributed by atoms with Crippen LogP contribution in [0.5, 0.6) is 5.75 Å². The number of ether oxygens (including phenoxy) is 1. The van der Waals surface area contributed by atoms with Crippen LogP contribution in [0.4, 0.5) is 5.69 Å². The first-order chi connectivity index (χ1) is 9.70. The molecule has 1 rings (SSSR count). The molecule has 0 spiro atoms. The van der Waals surface area contributed by atoms with Gasteiger partial charge in [0.1, 0.15) is 5.75 Å². The summed E-state index contributed by atoms with van der Waals surface area (Å²) in [5.41, 5.74) is 6.39. The molecule has 0 bridgehead atoms. The van der Waals surface area contributed by atoms with Crippen LogP contribution < -0.4 is 15.8 Å². The van der Waals surface area contributed by atoms with Gasteiger partial charge in [-0.05, 0) is 29.9 Å². The van der Waals surface area contributed by atoms with Gasteiger partial charge in [0.2, 0.25) is 5.91 Å². The second-order valence-corrected chi connectivity index (χ2v) is 6.89. The van der Waals surface area contributed by atoms with E-state index in [-0.39, 0.29) is 23.7 Å². The third kappa shape index (κ3) is 7.14. The van der Waals surface area contributed by atoms with E-state index >= 15 is 0 Å². The molecule has 5 heteroatoms. The van der Waals surface area contributed by atoms with Crippen molar-refractivity contribution in [2.24, 2.45) is 17.1 Å². The highest BCUT2D eigenvalue weighted by Crippen LogP contribution is 2.21. The predicted octanol–water partition coefficient (Wildman–Crippen LogP) is 3.85. The molecule has 0 saturated carbocycles. The predicted molar refractivity (Wildman–Crippen MR) is 94.7 cm³/mol. The number of nitrogens with two attached hydrogens (primary N) is 1. The molecule has 0 aliphatic heterocycles. The van der Waals surface area contributed by atoms with E-state index in [4.69, 9.17) is 10.5 Å². The average Bonchev–Trinajstić information content (AvgIpc) is 2.36. The first-order valence-corrected chi connectivity index (χ1v) is 7.49. The van der Waals surface area contributed by atoms with E-state index in [1.807, 2.05) is 45.0 Å². The Kier molecular flexibility index (Phi) is 8.49. The Morgan fingerprint density at radius 3 is 2.50 bits per heavy atom. The van der Waals surface area contributed by atoms with E-state index in [9.17, 15) is 4.79 Å². The molecule has 126 valence electrons. The number of hydrogen-bond donors (Lipinski definition) is 2. The normalized spacial score (nSPS) is 12.5. The van der Waals surface area contributed by atoms with E-state index in [0.29, 0.717) is 18.2 Å². The Bertz CT molecular complexity index is 470. The number of halogens is 1. The van der Waals surface area contributed by atoms with Crippen LogP contribution in [0.1, 0.15) is 41.0 Å². The standard InChI is InChI=1S/C17H28N2O2.ClH/c1-12(2)9-10-21-14-8-6-7-13(11-14)19-16(20)15(18)17(3,4)5;/h6-8,11-12,15H,9-10,18H2,1-5H3,(H,19,20);1H/t15-;/m1./s1. The van der Waals surface area contributed by atoms with Crippen molar-refractivity contribution in [3.63, 3.8) is 0 Å². The number of hydrogen-bond acceptors (Lipinski definition) is 3. The van der Waals surface area contributed by atoms with Crippen molar-refractivity contribution in [2.45, 2.75) is 47.1 Å². The summed E-state index contributed by atoms with van der Waals surface area (Å²) in [7, 11) is 0. The van der Waals surface area contributed by atoms with Crippen LogP contribution >= 0.6 is 12.4 Å². The van der Waals surface area contributed by atoms with Crippen molar-refractivity contribution in [3.8, 4) is 5.75 Å². The Morgan fingerprint density at radius 1 is 1.32 bits per heavy atom. The average molecular weight is 329 g/mol. The van der Waals surface area contributed by atoms with Crippen molar-refractivity contribution in [1.29, 1.82) is 0 Å². The SMILES string of the molecule is CC(C)CCOc1cccc(NC(=O)[C@@H](N)C(C)(C)C)c1.Cl. The summed E-state index contributed by atoms with van der Waals surface area (Å²) in [5.74, 6) is 1.19. The van der Waals surface area contributed by atoms with Gasteiger partial charge < -0.3 is 15.8 Å². The fraction of sp³-hybridized carbons (Fsp3) is 0.588. The van der Waals surface area contributed by atoms with Crippen LogP contribution in [-0.2, 0) is 4.79 Å². The second-order valence-electron chi connectivity index (χ2n) is 6.89. The van der Waals surface area contributed by atoms with Gasteiger partial charge in [-0.2, -0.15) is 0 Å². The second kappa shape index (κ2) is 9.01. The lowest BCUT2D eigenvalue weighted by Gasteiger charge is -2.25. The van der Waals surface area contributed by atoms with Crippen LogP contribution in [0.15, 0.2) is 24.3 Å². The van der Waals surface area contributed by atoms with Crippen LogP contribution in [0.25, 0.3) is 0 Å². The fourth-order valence-corrected chi connectivity index (χ4v) is 1.69. The number of benzene rings is 1. The van der Waals surface area contributed by atoms with E-state index in [2.05, 4.69) is 19.2 Å². The van der Waals surface area contributed by atoms with Crippen LogP contribution in [0.3, 0.4) is 0 Å². The lowest BCUT2D eigenvalue weighted by molar-refractivity contribution is -0.119. The summed E-state index contributed by atoms with van der Waals surface area (Å²) in [6.45, 7) is 10.8. The zero-order valence-corrected chi connectivity index (χ0v) is 15.0. The minimum absolute atomic E-state index is 0. The maximum Gasteiger partial charge on any atom is 0.241 e. The zero-order valence-electron chi connectivity index (χ0n) is 14.2. The molecular weight excluding hydrogens is 300 g/mol. The van der Waals surface area contributed by atoms with E-state index < -0.39 is 6.04 Å². The van der Waals surface area contributed by atoms with Gasteiger partial charge in [-0.15, -0.1) is 12.4 Å². The van der Waals surface area contributed by atoms with E-state index in [1.54, 1.807) is 0 Å². The number of amides is 1. The minimum atomic E-state index is -0.553. The molecule has 22 heavy (non-hydrogen) atoms. The summed E-state index contributed by atoms with van der Waals surface area (Å²) < 4.78 is 5.68. The van der Waals surface area contributed by atoms with Gasteiger partial charge in [0, 0.05) is 11.8 Å². The number of nitrogens with one attached hydrogen (secondary N) is 1. The smallest absolute Gasteiger partial charge is 0.241 e. The van der Waals surface area contributed by atoms with Crippen molar-refractivity contribution >= 4 is 24.0 Å². The van der Waals surface area contributed by atoms with Gasteiger partial charge in [0.05, 0.1) is 12.6 Å². The molecule has 0 aliphatic rings. The monoisotopic (exact) mass is 328 g/mol. The van der Waals surface area contributed by atoms with Crippen molar-refractivity contribution in [1.82, 2.24) is 0 Å². The number of carbonyl (C=O) groups excluding carboxylic acids is 1. The summed E-state index contributed by atoms with van der Waals surface area (Å²) in [4.78, 5) is 12.1. The number of anilines is 1. The van der Waals surface area contributed by atoms with Gasteiger partial charge in [0.25, 0.3) is 0 Å². The molecule has 1 amide bonds. The Balaban J connectivity index is 0.00000441. The molecule has 0 aromatic heterocycles. The van der Waals surface area contributed by atoms with Gasteiger partial charge in [0.15, 0.2) is 0 Å². The van der Waals surface area contributed by atoms with Crippen molar-refractivity contribution < 1.29 is 9.53 Å². The Hall–Kier alpha value is -1.26. The van der Waals surface area contributed by atoms with Crippen molar-refractivity contribution in [3.05, 3.63) is 24.3 Å². The van der Waals surface area contributed by atoms with E-state index in [1.165, 1.54) is 0 Å². The van der Waals surface area contributed by atoms with Gasteiger partial charge in [-0.3, -0.25) is 4.79 Å². The minimum Gasteiger partial charge on any atom is -0.494 e.